The zero-order chi connectivity index (χ0) is 10.9. The van der Waals surface area contributed by atoms with E-state index in [0.29, 0.717) is 5.69 Å². The highest BCUT2D eigenvalue weighted by Gasteiger charge is 1.96. The lowest BCUT2D eigenvalue weighted by atomic mass is 10.2. The molecule has 1 heterocycles. The van der Waals surface area contributed by atoms with Crippen LogP contribution in [0.3, 0.4) is 0 Å². The summed E-state index contributed by atoms with van der Waals surface area (Å²) < 4.78 is 5.50. The number of hydrogen-bond acceptors (Lipinski definition) is 3. The van der Waals surface area contributed by atoms with E-state index in [1.165, 1.54) is 19.3 Å². The number of hydrogen-bond donors (Lipinski definition) is 0. The van der Waals surface area contributed by atoms with Crippen LogP contribution in [-0.4, -0.2) is 11.6 Å². The van der Waals surface area contributed by atoms with Crippen molar-refractivity contribution in [2.75, 3.05) is 6.61 Å². The lowest BCUT2D eigenvalue weighted by Crippen LogP contribution is -1.97. The van der Waals surface area contributed by atoms with Crippen LogP contribution in [0.2, 0.25) is 0 Å². The molecule has 3 nitrogen and oxygen atoms in total. The van der Waals surface area contributed by atoms with E-state index in [2.05, 4.69) is 11.9 Å². The second-order valence-electron chi connectivity index (χ2n) is 3.40. The molecule has 0 atom stereocenters. The predicted molar refractivity (Wildman–Crippen MR) is 58.6 cm³/mol. The van der Waals surface area contributed by atoms with E-state index in [1.807, 2.05) is 6.07 Å². The summed E-state index contributed by atoms with van der Waals surface area (Å²) in [7, 11) is 0. The molecule has 1 aromatic rings. The minimum atomic E-state index is 0.404. The minimum Gasteiger partial charge on any atom is -0.493 e. The smallest absolute Gasteiger partial charge is 0.144 e. The van der Waals surface area contributed by atoms with Crippen LogP contribution in [-0.2, 0) is 0 Å². The largest absolute Gasteiger partial charge is 0.493 e. The van der Waals surface area contributed by atoms with Crippen molar-refractivity contribution in [2.24, 2.45) is 0 Å². The third-order valence-electron chi connectivity index (χ3n) is 2.11. The summed E-state index contributed by atoms with van der Waals surface area (Å²) in [4.78, 5) is 3.87. The standard InChI is InChI=1S/C12H16N2O/c1-2-3-4-5-8-15-12-6-7-14-11(9-12)10-13/h6-7,9H,2-5,8H2,1H3. The quantitative estimate of drug-likeness (QED) is 0.669. The summed E-state index contributed by atoms with van der Waals surface area (Å²) in [5, 5.41) is 8.64. The molecule has 0 saturated carbocycles. The molecule has 15 heavy (non-hydrogen) atoms. The van der Waals surface area contributed by atoms with Crippen molar-refractivity contribution in [1.82, 2.24) is 4.98 Å². The molecule has 0 radical (unpaired) electrons. The van der Waals surface area contributed by atoms with Crippen LogP contribution < -0.4 is 4.74 Å². The van der Waals surface area contributed by atoms with Crippen molar-refractivity contribution in [1.29, 1.82) is 5.26 Å². The second kappa shape index (κ2) is 6.83. The molecule has 0 aliphatic rings. The van der Waals surface area contributed by atoms with Gasteiger partial charge in [0.15, 0.2) is 0 Å². The number of pyridine rings is 1. The van der Waals surface area contributed by atoms with Crippen LogP contribution in [0.4, 0.5) is 0 Å². The zero-order valence-corrected chi connectivity index (χ0v) is 9.07. The molecule has 0 aromatic carbocycles. The number of aromatic nitrogens is 1. The first-order valence-corrected chi connectivity index (χ1v) is 5.35. The molecule has 0 saturated heterocycles. The van der Waals surface area contributed by atoms with E-state index < -0.39 is 0 Å². The maximum absolute atomic E-state index is 8.64. The zero-order valence-electron chi connectivity index (χ0n) is 9.07. The lowest BCUT2D eigenvalue weighted by molar-refractivity contribution is 0.304. The summed E-state index contributed by atoms with van der Waals surface area (Å²) in [6, 6.07) is 5.43. The average molecular weight is 204 g/mol. The van der Waals surface area contributed by atoms with Gasteiger partial charge in [-0.15, -0.1) is 0 Å². The van der Waals surface area contributed by atoms with Crippen LogP contribution in [0.15, 0.2) is 18.3 Å². The molecule has 3 heteroatoms. The van der Waals surface area contributed by atoms with Gasteiger partial charge in [0.2, 0.25) is 0 Å². The normalized spacial score (nSPS) is 9.60. The molecule has 0 unspecified atom stereocenters. The minimum absolute atomic E-state index is 0.404. The Labute approximate surface area is 90.7 Å². The summed E-state index contributed by atoms with van der Waals surface area (Å²) in [6.45, 7) is 2.90. The van der Waals surface area contributed by atoms with E-state index in [0.717, 1.165) is 18.8 Å². The molecular formula is C12H16N2O. The number of ether oxygens (including phenoxy) is 1. The monoisotopic (exact) mass is 204 g/mol. The fourth-order valence-corrected chi connectivity index (χ4v) is 1.28. The molecule has 1 rings (SSSR count). The van der Waals surface area contributed by atoms with Gasteiger partial charge in [-0.05, 0) is 12.5 Å². The van der Waals surface area contributed by atoms with Crippen molar-refractivity contribution < 1.29 is 4.74 Å². The van der Waals surface area contributed by atoms with Crippen LogP contribution in [0.25, 0.3) is 0 Å². The third kappa shape index (κ3) is 4.46. The Balaban J connectivity index is 2.28. The topological polar surface area (TPSA) is 45.9 Å². The predicted octanol–water partition coefficient (Wildman–Crippen LogP) is 2.91. The highest BCUT2D eigenvalue weighted by Crippen LogP contribution is 2.11. The van der Waals surface area contributed by atoms with Crippen molar-refractivity contribution >= 4 is 0 Å². The maximum atomic E-state index is 8.64. The summed E-state index contributed by atoms with van der Waals surface area (Å²) in [5.41, 5.74) is 0.404. The highest BCUT2D eigenvalue weighted by atomic mass is 16.5. The summed E-state index contributed by atoms with van der Waals surface area (Å²) in [5.74, 6) is 0.734. The first-order valence-electron chi connectivity index (χ1n) is 5.35. The van der Waals surface area contributed by atoms with Crippen molar-refractivity contribution in [3.8, 4) is 11.8 Å². The first kappa shape index (κ1) is 11.5. The van der Waals surface area contributed by atoms with E-state index >= 15 is 0 Å². The van der Waals surface area contributed by atoms with Gasteiger partial charge in [0.05, 0.1) is 6.61 Å². The van der Waals surface area contributed by atoms with Gasteiger partial charge in [0.1, 0.15) is 17.5 Å². The van der Waals surface area contributed by atoms with E-state index in [1.54, 1.807) is 18.3 Å². The van der Waals surface area contributed by atoms with Crippen molar-refractivity contribution in [3.63, 3.8) is 0 Å². The maximum Gasteiger partial charge on any atom is 0.144 e. The van der Waals surface area contributed by atoms with Crippen molar-refractivity contribution in [2.45, 2.75) is 32.6 Å². The second-order valence-corrected chi connectivity index (χ2v) is 3.40. The van der Waals surface area contributed by atoms with Gasteiger partial charge >= 0.3 is 0 Å². The molecule has 0 N–H and O–H groups in total. The Kier molecular flexibility index (Phi) is 5.24. The third-order valence-corrected chi connectivity index (χ3v) is 2.11. The Morgan fingerprint density at radius 3 is 3.00 bits per heavy atom. The van der Waals surface area contributed by atoms with Gasteiger partial charge in [-0.25, -0.2) is 4.98 Å². The van der Waals surface area contributed by atoms with Crippen LogP contribution in [0, 0.1) is 11.3 Å². The van der Waals surface area contributed by atoms with Crippen LogP contribution in [0.1, 0.15) is 38.3 Å². The molecule has 0 amide bonds. The van der Waals surface area contributed by atoms with Gasteiger partial charge in [-0.1, -0.05) is 26.2 Å². The Hall–Kier alpha value is -1.56. The van der Waals surface area contributed by atoms with Crippen LogP contribution in [0.5, 0.6) is 5.75 Å². The SMILES string of the molecule is CCCCCCOc1ccnc(C#N)c1. The molecule has 0 aliphatic heterocycles. The molecular weight excluding hydrogens is 188 g/mol. The molecule has 80 valence electrons. The first-order chi connectivity index (χ1) is 7.36. The van der Waals surface area contributed by atoms with E-state index in [-0.39, 0.29) is 0 Å². The molecule has 0 spiro atoms. The molecule has 0 aliphatic carbocycles. The van der Waals surface area contributed by atoms with Gasteiger partial charge < -0.3 is 4.74 Å². The van der Waals surface area contributed by atoms with Gasteiger partial charge in [0.25, 0.3) is 0 Å². The van der Waals surface area contributed by atoms with Crippen LogP contribution >= 0.6 is 0 Å². The summed E-state index contributed by atoms with van der Waals surface area (Å²) in [6.07, 6.45) is 6.35. The Morgan fingerprint density at radius 2 is 2.27 bits per heavy atom. The van der Waals surface area contributed by atoms with E-state index in [4.69, 9.17) is 10.00 Å². The highest BCUT2D eigenvalue weighted by molar-refractivity contribution is 5.29. The Morgan fingerprint density at radius 1 is 1.40 bits per heavy atom. The van der Waals surface area contributed by atoms with Gasteiger partial charge in [-0.3, -0.25) is 0 Å². The summed E-state index contributed by atoms with van der Waals surface area (Å²) >= 11 is 0. The number of nitriles is 1. The molecule has 0 bridgehead atoms. The van der Waals surface area contributed by atoms with E-state index in [9.17, 15) is 0 Å². The fourth-order valence-electron chi connectivity index (χ4n) is 1.28. The van der Waals surface area contributed by atoms with Gasteiger partial charge in [0, 0.05) is 12.3 Å². The van der Waals surface area contributed by atoms with Crippen molar-refractivity contribution in [3.05, 3.63) is 24.0 Å². The lowest BCUT2D eigenvalue weighted by Gasteiger charge is -2.05. The average Bonchev–Trinajstić information content (AvgIpc) is 2.29. The molecule has 0 fully saturated rings. The van der Waals surface area contributed by atoms with Gasteiger partial charge in [-0.2, -0.15) is 5.26 Å². The number of rotatable bonds is 6. The fraction of sp³-hybridized carbons (Fsp3) is 0.500. The number of nitrogens with zero attached hydrogens (tertiary/aromatic N) is 2. The number of unbranched alkanes of at least 4 members (excludes halogenated alkanes) is 3. The Bertz CT molecular complexity index is 331. The molecule has 1 aromatic heterocycles.